The van der Waals surface area contributed by atoms with Crippen molar-refractivity contribution in [1.82, 2.24) is 0 Å². The molecule has 0 radical (unpaired) electrons. The highest BCUT2D eigenvalue weighted by molar-refractivity contribution is 6.08. The van der Waals surface area contributed by atoms with Crippen LogP contribution in [0.25, 0.3) is 0 Å². The second kappa shape index (κ2) is 7.53. The molecule has 0 bridgehead atoms. The van der Waals surface area contributed by atoms with E-state index in [4.69, 9.17) is 4.74 Å². The maximum Gasteiger partial charge on any atom is 0.227 e. The number of hydrogen-bond donors (Lipinski definition) is 0. The van der Waals surface area contributed by atoms with E-state index in [-0.39, 0.29) is 18.1 Å². The van der Waals surface area contributed by atoms with Crippen molar-refractivity contribution in [2.45, 2.75) is 6.54 Å². The highest BCUT2D eigenvalue weighted by Gasteiger charge is 2.14. The molecule has 4 heteroatoms. The molecule has 25 heavy (non-hydrogen) atoms. The predicted octanol–water partition coefficient (Wildman–Crippen LogP) is 3.10. The van der Waals surface area contributed by atoms with Crippen molar-refractivity contribution in [2.75, 3.05) is 7.11 Å². The van der Waals surface area contributed by atoms with Crippen molar-refractivity contribution in [3.8, 4) is 5.75 Å². The van der Waals surface area contributed by atoms with Crippen LogP contribution in [-0.2, 0) is 6.54 Å². The van der Waals surface area contributed by atoms with E-state index in [1.807, 2.05) is 18.2 Å². The van der Waals surface area contributed by atoms with E-state index in [1.54, 1.807) is 72.6 Å². The third-order valence-electron chi connectivity index (χ3n) is 3.93. The van der Waals surface area contributed by atoms with Crippen LogP contribution in [0.4, 0.5) is 0 Å². The summed E-state index contributed by atoms with van der Waals surface area (Å²) in [7, 11) is 1.59. The maximum absolute atomic E-state index is 12.4. The number of benzene rings is 2. The van der Waals surface area contributed by atoms with Gasteiger partial charge in [0, 0.05) is 28.8 Å². The zero-order valence-electron chi connectivity index (χ0n) is 13.9. The lowest BCUT2D eigenvalue weighted by Crippen LogP contribution is -2.37. The van der Waals surface area contributed by atoms with E-state index < -0.39 is 0 Å². The number of Topliss-reactive ketones (excluding diaryl/α,β-unsaturated/α-hetero) is 1. The van der Waals surface area contributed by atoms with E-state index in [0.29, 0.717) is 22.4 Å². The fourth-order valence-electron chi connectivity index (χ4n) is 2.50. The van der Waals surface area contributed by atoms with Crippen molar-refractivity contribution in [3.05, 3.63) is 95.8 Å². The second-order valence-electron chi connectivity index (χ2n) is 5.61. The molecule has 3 rings (SSSR count). The molecule has 4 nitrogen and oxygen atoms in total. The lowest BCUT2D eigenvalue weighted by Gasteiger charge is -2.02. The number of pyridine rings is 1. The maximum atomic E-state index is 12.4. The molecule has 2 aromatic carbocycles. The number of ketones is 2. The van der Waals surface area contributed by atoms with Crippen molar-refractivity contribution >= 4 is 11.6 Å². The fourth-order valence-corrected chi connectivity index (χ4v) is 2.50. The Bertz CT molecular complexity index is 869. The number of carbonyl (C=O) groups is 2. The normalized spacial score (nSPS) is 10.3. The summed E-state index contributed by atoms with van der Waals surface area (Å²) in [5, 5.41) is 0. The van der Waals surface area contributed by atoms with Gasteiger partial charge < -0.3 is 4.74 Å². The summed E-state index contributed by atoms with van der Waals surface area (Å²) in [6, 6.07) is 19.6. The monoisotopic (exact) mass is 332 g/mol. The van der Waals surface area contributed by atoms with E-state index >= 15 is 0 Å². The zero-order chi connectivity index (χ0) is 17.6. The van der Waals surface area contributed by atoms with Crippen LogP contribution in [0.3, 0.4) is 0 Å². The molecule has 1 aromatic heterocycles. The van der Waals surface area contributed by atoms with Gasteiger partial charge in [-0.3, -0.25) is 9.59 Å². The molecule has 0 fully saturated rings. The molecule has 3 aromatic rings. The van der Waals surface area contributed by atoms with Gasteiger partial charge in [-0.2, -0.15) is 4.57 Å². The first-order valence-electron chi connectivity index (χ1n) is 7.93. The van der Waals surface area contributed by atoms with Crippen LogP contribution < -0.4 is 9.30 Å². The van der Waals surface area contributed by atoms with Crippen LogP contribution in [0.15, 0.2) is 79.1 Å². The van der Waals surface area contributed by atoms with Crippen LogP contribution in [-0.4, -0.2) is 18.7 Å². The molecular weight excluding hydrogens is 314 g/mol. The van der Waals surface area contributed by atoms with Gasteiger partial charge in [0.1, 0.15) is 5.75 Å². The van der Waals surface area contributed by atoms with Gasteiger partial charge in [0.05, 0.1) is 7.11 Å². The molecule has 1 heterocycles. The topological polar surface area (TPSA) is 47.2 Å². The van der Waals surface area contributed by atoms with Crippen LogP contribution in [0.5, 0.6) is 5.75 Å². The highest BCUT2D eigenvalue weighted by atomic mass is 16.5. The predicted molar refractivity (Wildman–Crippen MR) is 93.8 cm³/mol. The van der Waals surface area contributed by atoms with Gasteiger partial charge >= 0.3 is 0 Å². The van der Waals surface area contributed by atoms with Gasteiger partial charge in [0.25, 0.3) is 0 Å². The summed E-state index contributed by atoms with van der Waals surface area (Å²) in [5.41, 5.74) is 1.87. The molecule has 0 aliphatic carbocycles. The molecule has 0 saturated heterocycles. The quantitative estimate of drug-likeness (QED) is 0.515. The zero-order valence-corrected chi connectivity index (χ0v) is 13.9. The summed E-state index contributed by atoms with van der Waals surface area (Å²) in [4.78, 5) is 24.7. The van der Waals surface area contributed by atoms with E-state index in [1.165, 1.54) is 0 Å². The molecule has 0 spiro atoms. The molecule has 0 saturated carbocycles. The van der Waals surface area contributed by atoms with Gasteiger partial charge in [-0.25, -0.2) is 0 Å². The van der Waals surface area contributed by atoms with Crippen LogP contribution in [0.1, 0.15) is 26.3 Å². The first-order valence-corrected chi connectivity index (χ1v) is 7.93. The number of nitrogens with zero attached hydrogens (tertiary/aromatic N) is 1. The Balaban J connectivity index is 1.69. The van der Waals surface area contributed by atoms with Gasteiger partial charge in [-0.05, 0) is 24.3 Å². The molecule has 124 valence electrons. The summed E-state index contributed by atoms with van der Waals surface area (Å²) < 4.78 is 6.85. The van der Waals surface area contributed by atoms with Crippen molar-refractivity contribution in [2.24, 2.45) is 0 Å². The van der Waals surface area contributed by atoms with Gasteiger partial charge in [-0.1, -0.05) is 30.3 Å². The molecule has 0 N–H and O–H groups in total. The van der Waals surface area contributed by atoms with Crippen molar-refractivity contribution < 1.29 is 18.9 Å². The number of carbonyl (C=O) groups excluding carboxylic acids is 2. The van der Waals surface area contributed by atoms with Crippen molar-refractivity contribution in [3.63, 3.8) is 0 Å². The molecule has 0 unspecified atom stereocenters. The third kappa shape index (κ3) is 3.98. The van der Waals surface area contributed by atoms with Crippen molar-refractivity contribution in [1.29, 1.82) is 0 Å². The van der Waals surface area contributed by atoms with E-state index in [2.05, 4.69) is 0 Å². The van der Waals surface area contributed by atoms with Crippen LogP contribution >= 0.6 is 0 Å². The van der Waals surface area contributed by atoms with Crippen LogP contribution in [0, 0.1) is 0 Å². The largest absolute Gasteiger partial charge is 0.497 e. The first-order chi connectivity index (χ1) is 12.2. The number of methoxy groups -OCH3 is 1. The Kier molecular flexibility index (Phi) is 5.00. The average Bonchev–Trinajstić information content (AvgIpc) is 2.68. The Hall–Kier alpha value is -3.27. The standard InChI is InChI=1S/C21H18NO3/c1-25-19-9-7-16(8-10-19)20(23)15-22-13-11-18(12-14-22)21(24)17-5-3-2-4-6-17/h2-14H,15H2,1H3/q+1. The fraction of sp³-hybridized carbons (Fsp3) is 0.0952. The molecule has 0 atom stereocenters. The SMILES string of the molecule is COc1ccc(C(=O)C[n+]2ccc(C(=O)c3ccccc3)cc2)cc1. The smallest absolute Gasteiger partial charge is 0.227 e. The third-order valence-corrected chi connectivity index (χ3v) is 3.93. The van der Waals surface area contributed by atoms with Crippen LogP contribution in [0.2, 0.25) is 0 Å². The Labute approximate surface area is 146 Å². The number of rotatable bonds is 6. The summed E-state index contributed by atoms with van der Waals surface area (Å²) in [6.45, 7) is 0.214. The minimum atomic E-state index is -0.0331. The Morgan fingerprint density at radius 2 is 1.40 bits per heavy atom. The molecule has 0 aliphatic rings. The summed E-state index contributed by atoms with van der Waals surface area (Å²) in [6.07, 6.45) is 3.50. The highest BCUT2D eigenvalue weighted by Crippen LogP contribution is 2.12. The molecular formula is C21H18NO3+. The van der Waals surface area contributed by atoms with Gasteiger partial charge in [0.15, 0.2) is 18.2 Å². The number of hydrogen-bond acceptors (Lipinski definition) is 3. The summed E-state index contributed by atoms with van der Waals surface area (Å²) in [5.74, 6) is 0.678. The molecule has 0 aliphatic heterocycles. The second-order valence-corrected chi connectivity index (χ2v) is 5.61. The minimum absolute atomic E-state index is 0.00483. The number of aromatic nitrogens is 1. The number of ether oxygens (including phenoxy) is 1. The lowest BCUT2D eigenvalue weighted by molar-refractivity contribution is -0.683. The Morgan fingerprint density at radius 1 is 0.800 bits per heavy atom. The summed E-state index contributed by atoms with van der Waals surface area (Å²) >= 11 is 0. The first kappa shape index (κ1) is 16.6. The minimum Gasteiger partial charge on any atom is -0.497 e. The van der Waals surface area contributed by atoms with E-state index in [9.17, 15) is 9.59 Å². The average molecular weight is 332 g/mol. The molecule has 0 amide bonds. The Morgan fingerprint density at radius 3 is 2.00 bits per heavy atom. The lowest BCUT2D eigenvalue weighted by atomic mass is 10.0. The van der Waals surface area contributed by atoms with Gasteiger partial charge in [0.2, 0.25) is 12.3 Å². The van der Waals surface area contributed by atoms with Gasteiger partial charge in [-0.15, -0.1) is 0 Å². The van der Waals surface area contributed by atoms with E-state index in [0.717, 1.165) is 0 Å².